The van der Waals surface area contributed by atoms with Crippen molar-refractivity contribution in [2.75, 3.05) is 42.7 Å². The number of benzene rings is 4. The van der Waals surface area contributed by atoms with E-state index in [2.05, 4.69) is 0 Å². The zero-order chi connectivity index (χ0) is 34.7. The molecule has 4 aromatic carbocycles. The van der Waals surface area contributed by atoms with Crippen LogP contribution < -0.4 is 28.4 Å². The molecule has 0 unspecified atom stereocenters. The second kappa shape index (κ2) is 16.6. The Kier molecular flexibility index (Phi) is 12.7. The fourth-order valence-electron chi connectivity index (χ4n) is 4.65. The first-order valence-corrected chi connectivity index (χ1v) is 14.6. The summed E-state index contributed by atoms with van der Waals surface area (Å²) in [5.41, 5.74) is 3.98. The molecule has 0 aliphatic carbocycles. The van der Waals surface area contributed by atoms with E-state index in [4.69, 9.17) is 28.4 Å². The number of aryl methyl sites for hydroxylation is 2. The highest BCUT2D eigenvalue weighted by Gasteiger charge is 2.14. The Morgan fingerprint density at radius 1 is 0.489 bits per heavy atom. The standard InChI is InChI=1S/C19H22O5.C18H20O5/c1-5-13-8-9-14(18(21)17(13)20)7-6-12-10-15(22-2)19(24-4)16(11-12)23-3;1-11-5-7-13(17(20)16(11)19)8-6-12-9-14(21-2)18(23-4)15(10-12)22-3/h6-11,20-21H,5H2,1-4H3;5-10,19-20H,1-4H3/b7-6-;8-6-. The average molecular weight is 647 g/mol. The number of phenols is 4. The van der Waals surface area contributed by atoms with Crippen molar-refractivity contribution in [3.63, 3.8) is 0 Å². The van der Waals surface area contributed by atoms with Gasteiger partial charge in [-0.15, -0.1) is 0 Å². The molecule has 250 valence electrons. The van der Waals surface area contributed by atoms with Crippen LogP contribution in [0.5, 0.6) is 57.5 Å². The van der Waals surface area contributed by atoms with Gasteiger partial charge in [0, 0.05) is 11.1 Å². The Bertz CT molecular complexity index is 1690. The summed E-state index contributed by atoms with van der Waals surface area (Å²) in [6.07, 6.45) is 7.65. The molecular weight excluding hydrogens is 604 g/mol. The van der Waals surface area contributed by atoms with E-state index in [9.17, 15) is 20.4 Å². The molecule has 0 aliphatic rings. The van der Waals surface area contributed by atoms with Crippen LogP contribution in [0.4, 0.5) is 0 Å². The van der Waals surface area contributed by atoms with Crippen molar-refractivity contribution in [1.29, 1.82) is 0 Å². The first-order chi connectivity index (χ1) is 22.6. The van der Waals surface area contributed by atoms with Crippen molar-refractivity contribution in [1.82, 2.24) is 0 Å². The molecule has 0 fully saturated rings. The van der Waals surface area contributed by atoms with E-state index in [0.29, 0.717) is 63.2 Å². The van der Waals surface area contributed by atoms with E-state index in [-0.39, 0.29) is 23.0 Å². The Morgan fingerprint density at radius 3 is 1.23 bits per heavy atom. The molecule has 4 rings (SSSR count). The van der Waals surface area contributed by atoms with Gasteiger partial charge in [0.15, 0.2) is 46.0 Å². The van der Waals surface area contributed by atoms with Gasteiger partial charge in [-0.2, -0.15) is 0 Å². The zero-order valence-electron chi connectivity index (χ0n) is 27.9. The molecule has 0 aliphatic heterocycles. The second-order valence-electron chi connectivity index (χ2n) is 10.1. The van der Waals surface area contributed by atoms with Gasteiger partial charge in [-0.1, -0.05) is 55.5 Å². The lowest BCUT2D eigenvalue weighted by Crippen LogP contribution is -1.95. The molecular formula is C37H42O10. The fraction of sp³-hybridized carbons (Fsp3) is 0.243. The Balaban J connectivity index is 0.000000256. The van der Waals surface area contributed by atoms with Crippen molar-refractivity contribution in [2.45, 2.75) is 20.3 Å². The van der Waals surface area contributed by atoms with Crippen LogP contribution in [0.2, 0.25) is 0 Å². The minimum atomic E-state index is -0.145. The van der Waals surface area contributed by atoms with Gasteiger partial charge in [-0.25, -0.2) is 0 Å². The molecule has 10 nitrogen and oxygen atoms in total. The number of rotatable bonds is 11. The number of aromatic hydroxyl groups is 4. The normalized spacial score (nSPS) is 10.8. The zero-order valence-corrected chi connectivity index (χ0v) is 27.9. The third-order valence-electron chi connectivity index (χ3n) is 7.32. The van der Waals surface area contributed by atoms with E-state index < -0.39 is 0 Å². The largest absolute Gasteiger partial charge is 0.504 e. The Morgan fingerprint density at radius 2 is 0.872 bits per heavy atom. The molecule has 0 spiro atoms. The van der Waals surface area contributed by atoms with Crippen molar-refractivity contribution in [3.05, 3.63) is 81.9 Å². The van der Waals surface area contributed by atoms with Crippen molar-refractivity contribution in [3.8, 4) is 57.5 Å². The molecule has 0 aromatic heterocycles. The third kappa shape index (κ3) is 8.35. The summed E-state index contributed by atoms with van der Waals surface area (Å²) in [5.74, 6) is 2.75. The lowest BCUT2D eigenvalue weighted by atomic mass is 10.1. The van der Waals surface area contributed by atoms with Crippen LogP contribution in [0.3, 0.4) is 0 Å². The molecule has 0 amide bonds. The number of ether oxygens (including phenoxy) is 6. The monoisotopic (exact) mass is 646 g/mol. The first-order valence-electron chi connectivity index (χ1n) is 14.6. The molecule has 0 saturated heterocycles. The highest BCUT2D eigenvalue weighted by atomic mass is 16.5. The first kappa shape index (κ1) is 35.8. The average Bonchev–Trinajstić information content (AvgIpc) is 3.10. The van der Waals surface area contributed by atoms with Gasteiger partial charge in [0.25, 0.3) is 0 Å². The summed E-state index contributed by atoms with van der Waals surface area (Å²) in [4.78, 5) is 0. The van der Waals surface area contributed by atoms with Crippen LogP contribution in [0, 0.1) is 6.92 Å². The van der Waals surface area contributed by atoms with Gasteiger partial charge in [0.2, 0.25) is 11.5 Å². The quantitative estimate of drug-likeness (QED) is 0.0960. The Hall–Kier alpha value is -5.64. The number of methoxy groups -OCH3 is 6. The van der Waals surface area contributed by atoms with Gasteiger partial charge < -0.3 is 48.8 Å². The SMILES string of the molecule is CCc1ccc(/C=C\c2cc(OC)c(OC)c(OC)c2)c(O)c1O.COc1cc(/C=C\c2ccc(C)c(O)c2O)cc(OC)c1OC. The molecule has 0 saturated carbocycles. The highest BCUT2D eigenvalue weighted by Crippen LogP contribution is 2.41. The molecule has 4 N–H and O–H groups in total. The molecule has 0 heterocycles. The number of phenolic OH excluding ortho intramolecular Hbond substituents is 4. The minimum Gasteiger partial charge on any atom is -0.504 e. The summed E-state index contributed by atoms with van der Waals surface area (Å²) >= 11 is 0. The summed E-state index contributed by atoms with van der Waals surface area (Å²) in [5, 5.41) is 39.8. The van der Waals surface area contributed by atoms with E-state index in [0.717, 1.165) is 11.1 Å². The fourth-order valence-corrected chi connectivity index (χ4v) is 4.65. The maximum atomic E-state index is 10.1. The van der Waals surface area contributed by atoms with Crippen molar-refractivity contribution >= 4 is 24.3 Å². The third-order valence-corrected chi connectivity index (χ3v) is 7.32. The van der Waals surface area contributed by atoms with Crippen LogP contribution in [-0.2, 0) is 6.42 Å². The van der Waals surface area contributed by atoms with Crippen LogP contribution in [0.1, 0.15) is 40.3 Å². The van der Waals surface area contributed by atoms with Gasteiger partial charge >= 0.3 is 0 Å². The van der Waals surface area contributed by atoms with Crippen LogP contribution in [0.25, 0.3) is 24.3 Å². The second-order valence-corrected chi connectivity index (χ2v) is 10.1. The number of hydrogen-bond acceptors (Lipinski definition) is 10. The highest BCUT2D eigenvalue weighted by molar-refractivity contribution is 5.77. The van der Waals surface area contributed by atoms with E-state index in [1.807, 2.05) is 6.92 Å². The molecule has 47 heavy (non-hydrogen) atoms. The summed E-state index contributed by atoms with van der Waals surface area (Å²) < 4.78 is 31.8. The van der Waals surface area contributed by atoms with Gasteiger partial charge in [0.1, 0.15) is 0 Å². The van der Waals surface area contributed by atoms with Crippen molar-refractivity contribution < 1.29 is 48.8 Å². The van der Waals surface area contributed by atoms with Crippen molar-refractivity contribution in [2.24, 2.45) is 0 Å². The number of hydrogen-bond donors (Lipinski definition) is 4. The lowest BCUT2D eigenvalue weighted by Gasteiger charge is -2.13. The summed E-state index contributed by atoms with van der Waals surface area (Å²) in [7, 11) is 9.30. The van der Waals surface area contributed by atoms with Crippen LogP contribution in [0.15, 0.2) is 48.5 Å². The summed E-state index contributed by atoms with van der Waals surface area (Å²) in [6, 6.07) is 14.2. The smallest absolute Gasteiger partial charge is 0.203 e. The maximum absolute atomic E-state index is 10.1. The van der Waals surface area contributed by atoms with Crippen LogP contribution in [-0.4, -0.2) is 63.1 Å². The molecule has 4 aromatic rings. The van der Waals surface area contributed by atoms with Gasteiger partial charge in [0.05, 0.1) is 42.7 Å². The van der Waals surface area contributed by atoms with E-state index in [1.165, 1.54) is 0 Å². The van der Waals surface area contributed by atoms with E-state index >= 15 is 0 Å². The molecule has 10 heteroatoms. The Labute approximate surface area is 275 Å². The molecule has 0 bridgehead atoms. The van der Waals surface area contributed by atoms with Gasteiger partial charge in [-0.3, -0.25) is 0 Å². The predicted molar refractivity (Wildman–Crippen MR) is 184 cm³/mol. The van der Waals surface area contributed by atoms with E-state index in [1.54, 1.807) is 122 Å². The van der Waals surface area contributed by atoms with Crippen LogP contribution >= 0.6 is 0 Å². The summed E-state index contributed by atoms with van der Waals surface area (Å²) in [6.45, 7) is 3.64. The minimum absolute atomic E-state index is 0.0791. The predicted octanol–water partition coefficient (Wildman–Crippen LogP) is 7.46. The lowest BCUT2D eigenvalue weighted by molar-refractivity contribution is 0.324. The molecule has 0 atom stereocenters. The maximum Gasteiger partial charge on any atom is 0.203 e. The van der Waals surface area contributed by atoms with Gasteiger partial charge in [-0.05, 0) is 59.9 Å². The topological polar surface area (TPSA) is 136 Å². The molecule has 0 radical (unpaired) electrons.